The number of carbonyl (C=O) groups excluding carboxylic acids is 1. The third-order valence-corrected chi connectivity index (χ3v) is 2.16. The molecule has 11 heteroatoms. The first-order chi connectivity index (χ1) is 9.77. The number of nitrogens with two attached hydrogens (primary N) is 3. The van der Waals surface area contributed by atoms with Gasteiger partial charge in [0.15, 0.2) is 5.96 Å². The van der Waals surface area contributed by atoms with Crippen molar-refractivity contribution < 1.29 is 18.8 Å². The van der Waals surface area contributed by atoms with Gasteiger partial charge < -0.3 is 21.9 Å². The SMILES string of the molecule is COC(=O)c1c(N=C(N)N=C(N)N)ccc([N+](=O)[O-])c1F. The smallest absolute Gasteiger partial charge is 0.343 e. The van der Waals surface area contributed by atoms with E-state index in [4.69, 9.17) is 17.2 Å². The van der Waals surface area contributed by atoms with Crippen molar-refractivity contribution in [3.05, 3.63) is 33.6 Å². The van der Waals surface area contributed by atoms with Crippen LogP contribution in [0.15, 0.2) is 22.1 Å². The molecule has 0 aliphatic heterocycles. The number of esters is 1. The van der Waals surface area contributed by atoms with Gasteiger partial charge in [-0.25, -0.2) is 9.79 Å². The predicted octanol–water partition coefficient (Wildman–Crippen LogP) is -0.260. The number of hydrogen-bond donors (Lipinski definition) is 3. The Hall–Kier alpha value is -3.24. The van der Waals surface area contributed by atoms with Crippen molar-refractivity contribution in [2.75, 3.05) is 7.11 Å². The average Bonchev–Trinajstić information content (AvgIpc) is 2.36. The Bertz CT molecular complexity index is 653. The molecule has 1 aromatic rings. The number of carbonyl (C=O) groups is 1. The van der Waals surface area contributed by atoms with Crippen LogP contribution in [0.1, 0.15) is 10.4 Å². The van der Waals surface area contributed by atoms with Gasteiger partial charge in [0.05, 0.1) is 17.7 Å². The van der Waals surface area contributed by atoms with Gasteiger partial charge in [0.2, 0.25) is 11.8 Å². The maximum Gasteiger partial charge on any atom is 0.343 e. The first-order valence-corrected chi connectivity index (χ1v) is 5.27. The molecule has 1 rings (SSSR count). The highest BCUT2D eigenvalue weighted by atomic mass is 19.1. The van der Waals surface area contributed by atoms with E-state index in [0.717, 1.165) is 19.2 Å². The number of halogens is 1. The van der Waals surface area contributed by atoms with E-state index in [0.29, 0.717) is 0 Å². The molecule has 0 fully saturated rings. The quantitative estimate of drug-likeness (QED) is 0.226. The predicted molar refractivity (Wildman–Crippen MR) is 71.5 cm³/mol. The van der Waals surface area contributed by atoms with E-state index >= 15 is 0 Å². The number of hydrogen-bond acceptors (Lipinski definition) is 5. The summed E-state index contributed by atoms with van der Waals surface area (Å²) in [6, 6.07) is 1.84. The van der Waals surface area contributed by atoms with Crippen molar-refractivity contribution in [2.24, 2.45) is 27.2 Å². The van der Waals surface area contributed by atoms with Crippen molar-refractivity contribution >= 4 is 29.3 Å². The van der Waals surface area contributed by atoms with Gasteiger partial charge in [-0.1, -0.05) is 0 Å². The topological polar surface area (TPSA) is 172 Å². The minimum Gasteiger partial charge on any atom is -0.465 e. The Kier molecular flexibility index (Phi) is 4.72. The molecule has 0 saturated carbocycles. The Morgan fingerprint density at radius 1 is 1.38 bits per heavy atom. The van der Waals surface area contributed by atoms with Crippen molar-refractivity contribution in [3.63, 3.8) is 0 Å². The highest BCUT2D eigenvalue weighted by molar-refractivity contribution is 5.99. The third kappa shape index (κ3) is 3.62. The maximum absolute atomic E-state index is 14.0. The number of rotatable bonds is 3. The maximum atomic E-state index is 14.0. The minimum atomic E-state index is -1.40. The van der Waals surface area contributed by atoms with Crippen LogP contribution in [0.3, 0.4) is 0 Å². The van der Waals surface area contributed by atoms with Crippen LogP contribution in [0.4, 0.5) is 15.8 Å². The van der Waals surface area contributed by atoms with Crippen LogP contribution >= 0.6 is 0 Å². The fourth-order valence-electron chi connectivity index (χ4n) is 1.37. The lowest BCUT2D eigenvalue weighted by Gasteiger charge is -2.06. The largest absolute Gasteiger partial charge is 0.465 e. The molecule has 0 radical (unpaired) electrons. The normalized spacial score (nSPS) is 10.9. The van der Waals surface area contributed by atoms with Crippen LogP contribution in [0.25, 0.3) is 0 Å². The van der Waals surface area contributed by atoms with E-state index in [-0.39, 0.29) is 5.69 Å². The molecular weight excluding hydrogens is 287 g/mol. The number of methoxy groups -OCH3 is 1. The Morgan fingerprint density at radius 2 is 2.00 bits per heavy atom. The van der Waals surface area contributed by atoms with Gasteiger partial charge in [-0.2, -0.15) is 9.38 Å². The summed E-state index contributed by atoms with van der Waals surface area (Å²) in [6.07, 6.45) is 0. The summed E-state index contributed by atoms with van der Waals surface area (Å²) in [5, 5.41) is 10.7. The molecular formula is C10H11FN6O4. The molecule has 0 amide bonds. The van der Waals surface area contributed by atoms with Crippen LogP contribution in [0, 0.1) is 15.9 Å². The van der Waals surface area contributed by atoms with E-state index in [9.17, 15) is 19.3 Å². The van der Waals surface area contributed by atoms with Gasteiger partial charge in [0, 0.05) is 6.07 Å². The summed E-state index contributed by atoms with van der Waals surface area (Å²) in [6.45, 7) is 0. The van der Waals surface area contributed by atoms with E-state index in [2.05, 4.69) is 14.7 Å². The first kappa shape index (κ1) is 15.8. The standard InChI is InChI=1S/C10H11FN6O4/c1-21-8(18)6-4(15-10(14)16-9(12)13)2-3-5(7(6)11)17(19)20/h2-3H,1H3,(H6,12,13,14,15,16). The Labute approximate surface area is 117 Å². The molecule has 1 aromatic carbocycles. The number of benzene rings is 1. The van der Waals surface area contributed by atoms with Crippen molar-refractivity contribution in [1.82, 2.24) is 0 Å². The summed E-state index contributed by atoms with van der Waals surface area (Å²) in [4.78, 5) is 28.2. The molecule has 0 aromatic heterocycles. The minimum absolute atomic E-state index is 0.313. The molecule has 0 unspecified atom stereocenters. The number of ether oxygens (including phenoxy) is 1. The van der Waals surface area contributed by atoms with Crippen LogP contribution in [-0.4, -0.2) is 29.9 Å². The molecule has 6 N–H and O–H groups in total. The van der Waals surface area contributed by atoms with Gasteiger partial charge in [-0.05, 0) is 6.07 Å². The van der Waals surface area contributed by atoms with E-state index in [1.165, 1.54) is 0 Å². The van der Waals surface area contributed by atoms with Gasteiger partial charge in [0.25, 0.3) is 0 Å². The Morgan fingerprint density at radius 3 is 2.48 bits per heavy atom. The molecule has 0 aliphatic carbocycles. The van der Waals surface area contributed by atoms with E-state index in [1.54, 1.807) is 0 Å². The summed E-state index contributed by atoms with van der Waals surface area (Å²) < 4.78 is 18.4. The highest BCUT2D eigenvalue weighted by Gasteiger charge is 2.26. The van der Waals surface area contributed by atoms with Crippen molar-refractivity contribution in [2.45, 2.75) is 0 Å². The number of nitrogens with zero attached hydrogens (tertiary/aromatic N) is 3. The first-order valence-electron chi connectivity index (χ1n) is 5.27. The van der Waals surface area contributed by atoms with Crippen LogP contribution in [0.2, 0.25) is 0 Å². The monoisotopic (exact) mass is 298 g/mol. The molecule has 0 aliphatic rings. The van der Waals surface area contributed by atoms with Crippen LogP contribution < -0.4 is 17.2 Å². The number of nitro groups is 1. The summed E-state index contributed by atoms with van der Waals surface area (Å²) in [5.74, 6) is -3.43. The van der Waals surface area contributed by atoms with Crippen LogP contribution in [-0.2, 0) is 4.74 Å². The summed E-state index contributed by atoms with van der Waals surface area (Å²) >= 11 is 0. The molecule has 21 heavy (non-hydrogen) atoms. The van der Waals surface area contributed by atoms with E-state index < -0.39 is 39.9 Å². The Balaban J connectivity index is 3.53. The lowest BCUT2D eigenvalue weighted by molar-refractivity contribution is -0.387. The number of aliphatic imine (C=N–C) groups is 2. The van der Waals surface area contributed by atoms with Gasteiger partial charge in [-0.15, -0.1) is 0 Å². The zero-order valence-corrected chi connectivity index (χ0v) is 10.7. The van der Waals surface area contributed by atoms with Gasteiger partial charge in [-0.3, -0.25) is 10.1 Å². The molecule has 0 bridgehead atoms. The lowest BCUT2D eigenvalue weighted by atomic mass is 10.1. The number of guanidine groups is 2. The molecule has 0 saturated heterocycles. The zero-order valence-electron chi connectivity index (χ0n) is 10.7. The van der Waals surface area contributed by atoms with Crippen molar-refractivity contribution in [1.29, 1.82) is 0 Å². The average molecular weight is 298 g/mol. The second kappa shape index (κ2) is 6.27. The number of nitro benzene ring substituents is 1. The summed E-state index contributed by atoms with van der Waals surface area (Å²) in [5.41, 5.74) is 13.5. The molecule has 112 valence electrons. The highest BCUT2D eigenvalue weighted by Crippen LogP contribution is 2.29. The fourth-order valence-corrected chi connectivity index (χ4v) is 1.37. The van der Waals surface area contributed by atoms with Crippen molar-refractivity contribution in [3.8, 4) is 0 Å². The zero-order chi connectivity index (χ0) is 16.2. The van der Waals surface area contributed by atoms with Gasteiger partial charge in [0.1, 0.15) is 5.56 Å². The second-order valence-corrected chi connectivity index (χ2v) is 3.55. The molecule has 10 nitrogen and oxygen atoms in total. The van der Waals surface area contributed by atoms with E-state index in [1.807, 2.05) is 0 Å². The lowest BCUT2D eigenvalue weighted by Crippen LogP contribution is -2.26. The molecule has 0 heterocycles. The van der Waals surface area contributed by atoms with Crippen LogP contribution in [0.5, 0.6) is 0 Å². The third-order valence-electron chi connectivity index (χ3n) is 2.16. The van der Waals surface area contributed by atoms with Gasteiger partial charge >= 0.3 is 11.7 Å². The molecule has 0 atom stereocenters. The molecule has 0 spiro atoms. The summed E-state index contributed by atoms with van der Waals surface area (Å²) in [7, 11) is 0.980. The fraction of sp³-hybridized carbons (Fsp3) is 0.100. The second-order valence-electron chi connectivity index (χ2n) is 3.55.